The third-order valence-electron chi connectivity index (χ3n) is 4.56. The lowest BCUT2D eigenvalue weighted by Crippen LogP contribution is -2.07. The molecule has 0 saturated carbocycles. The number of hydrogen-bond acceptors (Lipinski definition) is 4. The molecule has 1 aromatic carbocycles. The van der Waals surface area contributed by atoms with Crippen LogP contribution in [-0.2, 0) is 14.4 Å². The minimum Gasteiger partial charge on any atom is -0.500 e. The number of nitrogens with zero attached hydrogens (tertiary/aromatic N) is 1. The molecular weight excluding hydrogens is 326 g/mol. The molecule has 0 atom stereocenters. The summed E-state index contributed by atoms with van der Waals surface area (Å²) in [6, 6.07) is 9.53. The molecule has 26 heavy (non-hydrogen) atoms. The van der Waals surface area contributed by atoms with Gasteiger partial charge in [0.15, 0.2) is 0 Å². The number of carbonyl (C=O) groups excluding carboxylic acids is 1. The summed E-state index contributed by atoms with van der Waals surface area (Å²) >= 11 is 0. The third-order valence-corrected chi connectivity index (χ3v) is 4.56. The summed E-state index contributed by atoms with van der Waals surface area (Å²) in [6.45, 7) is 2.87. The van der Waals surface area contributed by atoms with Crippen molar-refractivity contribution in [1.29, 1.82) is 0 Å². The van der Waals surface area contributed by atoms with E-state index in [2.05, 4.69) is 12.1 Å². The molecule has 0 spiro atoms. The minimum absolute atomic E-state index is 0.392. The molecule has 0 amide bonds. The van der Waals surface area contributed by atoms with Crippen LogP contribution in [0.1, 0.15) is 76.7 Å². The van der Waals surface area contributed by atoms with Gasteiger partial charge in [-0.3, -0.25) is 0 Å². The molecule has 0 aliphatic carbocycles. The second-order valence-corrected chi connectivity index (χ2v) is 6.77. The average Bonchev–Trinajstić information content (AvgIpc) is 3.04. The largest absolute Gasteiger partial charge is 0.500 e. The Morgan fingerprint density at radius 2 is 1.54 bits per heavy atom. The quantitative estimate of drug-likeness (QED) is 0.195. The fourth-order valence-electron chi connectivity index (χ4n) is 3.01. The molecule has 4 nitrogen and oxygen atoms in total. The zero-order valence-electron chi connectivity index (χ0n) is 15.9. The van der Waals surface area contributed by atoms with Gasteiger partial charge in [-0.15, -0.1) is 0 Å². The standard InChI is InChI=1S/C22H31NO3/c1-2-3-4-5-6-7-8-9-10-14-17-25-18-20-21(23-26-22(20)24)19-15-12-11-13-16-19/h11-13,15-16,18H,2-10,14,17H2,1H3/b20-18+. The minimum atomic E-state index is -0.452. The molecule has 0 N–H and O–H groups in total. The molecule has 0 saturated heterocycles. The van der Waals surface area contributed by atoms with Crippen molar-refractivity contribution >= 4 is 11.7 Å². The van der Waals surface area contributed by atoms with Crippen molar-refractivity contribution in [2.24, 2.45) is 5.16 Å². The van der Waals surface area contributed by atoms with Crippen LogP contribution in [0.2, 0.25) is 0 Å². The number of ether oxygens (including phenoxy) is 1. The van der Waals surface area contributed by atoms with Gasteiger partial charge in [0, 0.05) is 5.56 Å². The highest BCUT2D eigenvalue weighted by Gasteiger charge is 2.27. The molecule has 1 aromatic rings. The van der Waals surface area contributed by atoms with Crippen LogP contribution < -0.4 is 0 Å². The van der Waals surface area contributed by atoms with Crippen LogP contribution in [0.5, 0.6) is 0 Å². The van der Waals surface area contributed by atoms with Gasteiger partial charge in [0.2, 0.25) is 0 Å². The molecule has 0 unspecified atom stereocenters. The Bertz CT molecular complexity index is 593. The predicted molar refractivity (Wildman–Crippen MR) is 105 cm³/mol. The zero-order chi connectivity index (χ0) is 18.5. The van der Waals surface area contributed by atoms with Crippen molar-refractivity contribution in [3.05, 3.63) is 47.7 Å². The highest BCUT2D eigenvalue weighted by molar-refractivity contribution is 6.28. The van der Waals surface area contributed by atoms with E-state index in [9.17, 15) is 4.79 Å². The first kappa shape index (κ1) is 20.2. The smallest absolute Gasteiger partial charge is 0.371 e. The van der Waals surface area contributed by atoms with Gasteiger partial charge in [0.25, 0.3) is 0 Å². The van der Waals surface area contributed by atoms with Crippen LogP contribution in [0, 0.1) is 0 Å². The van der Waals surface area contributed by atoms with E-state index in [0.717, 1.165) is 12.0 Å². The van der Waals surface area contributed by atoms with Gasteiger partial charge >= 0.3 is 5.97 Å². The van der Waals surface area contributed by atoms with Gasteiger partial charge in [-0.1, -0.05) is 100 Å². The maximum absolute atomic E-state index is 11.8. The van der Waals surface area contributed by atoms with Crippen molar-refractivity contribution in [3.8, 4) is 0 Å². The number of benzene rings is 1. The van der Waals surface area contributed by atoms with E-state index in [0.29, 0.717) is 17.9 Å². The fraction of sp³-hybridized carbons (Fsp3) is 0.545. The Kier molecular flexibility index (Phi) is 9.55. The Labute approximate surface area is 157 Å². The van der Waals surface area contributed by atoms with Gasteiger partial charge in [-0.05, 0) is 6.42 Å². The summed E-state index contributed by atoms with van der Waals surface area (Å²) in [6.07, 6.45) is 14.4. The van der Waals surface area contributed by atoms with Crippen LogP contribution >= 0.6 is 0 Å². The first-order valence-corrected chi connectivity index (χ1v) is 10.00. The molecule has 1 aliphatic rings. The summed E-state index contributed by atoms with van der Waals surface area (Å²) in [5, 5.41) is 3.86. The van der Waals surface area contributed by atoms with Crippen LogP contribution in [-0.4, -0.2) is 18.3 Å². The molecule has 1 aliphatic heterocycles. The van der Waals surface area contributed by atoms with E-state index < -0.39 is 5.97 Å². The average molecular weight is 357 g/mol. The number of unbranched alkanes of at least 4 members (excludes halogenated alkanes) is 9. The van der Waals surface area contributed by atoms with Gasteiger partial charge in [-0.2, -0.15) is 0 Å². The summed E-state index contributed by atoms with van der Waals surface area (Å²) in [5.74, 6) is -0.452. The Morgan fingerprint density at radius 1 is 0.923 bits per heavy atom. The third kappa shape index (κ3) is 7.03. The number of carbonyl (C=O) groups is 1. The topological polar surface area (TPSA) is 47.9 Å². The first-order valence-electron chi connectivity index (χ1n) is 10.00. The Morgan fingerprint density at radius 3 is 2.19 bits per heavy atom. The molecular formula is C22H31NO3. The van der Waals surface area contributed by atoms with E-state index in [4.69, 9.17) is 9.57 Å². The zero-order valence-corrected chi connectivity index (χ0v) is 15.9. The van der Waals surface area contributed by atoms with Gasteiger partial charge in [0.1, 0.15) is 11.3 Å². The van der Waals surface area contributed by atoms with Gasteiger partial charge in [0.05, 0.1) is 12.9 Å². The maximum Gasteiger partial charge on any atom is 0.371 e. The van der Waals surface area contributed by atoms with Gasteiger partial charge in [-0.25, -0.2) is 4.79 Å². The predicted octanol–water partition coefficient (Wildman–Crippen LogP) is 5.77. The molecule has 0 fully saturated rings. The second kappa shape index (κ2) is 12.3. The molecule has 142 valence electrons. The van der Waals surface area contributed by atoms with E-state index in [1.807, 2.05) is 30.3 Å². The summed E-state index contributed by atoms with van der Waals surface area (Å²) in [4.78, 5) is 16.6. The number of hydrogen-bond donors (Lipinski definition) is 0. The summed E-state index contributed by atoms with van der Waals surface area (Å²) < 4.78 is 5.57. The molecule has 4 heteroatoms. The van der Waals surface area contributed by atoms with Crippen molar-refractivity contribution < 1.29 is 14.4 Å². The Balaban J connectivity index is 1.58. The normalized spacial score (nSPS) is 15.2. The van der Waals surface area contributed by atoms with E-state index in [1.165, 1.54) is 64.0 Å². The number of rotatable bonds is 13. The maximum atomic E-state index is 11.8. The fourth-order valence-corrected chi connectivity index (χ4v) is 3.01. The highest BCUT2D eigenvalue weighted by atomic mass is 16.7. The lowest BCUT2D eigenvalue weighted by Gasteiger charge is -2.04. The van der Waals surface area contributed by atoms with Crippen LogP contribution in [0.25, 0.3) is 0 Å². The van der Waals surface area contributed by atoms with E-state index >= 15 is 0 Å². The van der Waals surface area contributed by atoms with E-state index in [1.54, 1.807) is 0 Å². The van der Waals surface area contributed by atoms with Crippen molar-refractivity contribution in [2.45, 2.75) is 71.1 Å². The molecule has 0 aromatic heterocycles. The van der Waals surface area contributed by atoms with Crippen LogP contribution in [0.3, 0.4) is 0 Å². The lowest BCUT2D eigenvalue weighted by molar-refractivity contribution is -0.137. The molecule has 2 rings (SSSR count). The van der Waals surface area contributed by atoms with Crippen molar-refractivity contribution in [2.75, 3.05) is 6.61 Å². The van der Waals surface area contributed by atoms with E-state index in [-0.39, 0.29) is 0 Å². The van der Waals surface area contributed by atoms with Crippen molar-refractivity contribution in [1.82, 2.24) is 0 Å². The van der Waals surface area contributed by atoms with Crippen LogP contribution in [0.15, 0.2) is 47.3 Å². The lowest BCUT2D eigenvalue weighted by atomic mass is 10.0. The highest BCUT2D eigenvalue weighted by Crippen LogP contribution is 2.18. The first-order chi connectivity index (χ1) is 12.8. The Hall–Kier alpha value is -2.10. The number of oxime groups is 1. The summed E-state index contributed by atoms with van der Waals surface area (Å²) in [7, 11) is 0. The van der Waals surface area contributed by atoms with Crippen molar-refractivity contribution in [3.63, 3.8) is 0 Å². The van der Waals surface area contributed by atoms with Gasteiger partial charge < -0.3 is 9.57 Å². The molecule has 0 bridgehead atoms. The SMILES string of the molecule is CCCCCCCCCCCCO/C=C1/C(=O)ON=C1c1ccccc1. The molecule has 1 heterocycles. The van der Waals surface area contributed by atoms with Crippen LogP contribution in [0.4, 0.5) is 0 Å². The second-order valence-electron chi connectivity index (χ2n) is 6.77. The molecule has 0 radical (unpaired) electrons. The monoisotopic (exact) mass is 357 g/mol. The summed E-state index contributed by atoms with van der Waals surface area (Å²) in [5.41, 5.74) is 1.79.